The number of hydrogen-bond acceptors (Lipinski definition) is 8. The molecule has 2 N–H and O–H groups in total. The number of carbonyl (C=O) groups is 2. The van der Waals surface area contributed by atoms with Crippen molar-refractivity contribution in [2.45, 2.75) is 52.8 Å². The van der Waals surface area contributed by atoms with Gasteiger partial charge in [-0.2, -0.15) is 7.11 Å². The first kappa shape index (κ1) is 33.5. The number of aliphatic hydroxyl groups is 2. The Hall–Kier alpha value is 0.910. The van der Waals surface area contributed by atoms with Gasteiger partial charge in [-0.1, -0.05) is 20.8 Å². The molecule has 0 aromatic rings. The first-order valence-electron chi connectivity index (χ1n) is 9.92. The number of hydrogen-bond donors (Lipinski definition) is 2. The summed E-state index contributed by atoms with van der Waals surface area (Å²) in [7, 11) is 4.58. The van der Waals surface area contributed by atoms with Gasteiger partial charge < -0.3 is 31.0 Å². The summed E-state index contributed by atoms with van der Waals surface area (Å²) in [5.41, 5.74) is 0. The van der Waals surface area contributed by atoms with Gasteiger partial charge in [0.2, 0.25) is 1.43 Å². The van der Waals surface area contributed by atoms with Gasteiger partial charge in [0.25, 0.3) is 0 Å². The van der Waals surface area contributed by atoms with Gasteiger partial charge in [-0.05, 0) is 19.2 Å². The average molecular weight is 437 g/mol. The van der Waals surface area contributed by atoms with Crippen molar-refractivity contribution in [1.29, 1.82) is 1.43 Å². The summed E-state index contributed by atoms with van der Waals surface area (Å²) in [4.78, 5) is 20.2. The molecule has 11 heteroatoms. The molecule has 1 aliphatic rings. The van der Waals surface area contributed by atoms with E-state index in [0.29, 0.717) is 6.42 Å². The standard InChI is InChI=1S/2C4H8O2.C4H8O.C3H8O.CH4O.CH3O.Al.Li.Na.4H/c2*1-3-4(5)6-2;1-2-4-5-3-1;1-2-3-4;2*1-2;;;;;;;/h2*3H2,1-2H3;1-4H2;4H,2-3H2,1H3;2H,1H3;1H3;;;;;;;/q;;;;;-1;;2*+1;;;;-1/i3D2;;;2D2;2D;;;;;;;;. The van der Waals surface area contributed by atoms with Crippen molar-refractivity contribution >= 4 is 29.3 Å². The van der Waals surface area contributed by atoms with E-state index in [1.54, 1.807) is 6.92 Å². The molecule has 0 saturated carbocycles. The summed E-state index contributed by atoms with van der Waals surface area (Å²) in [5.74, 6) is -0.993. The molecule has 8 nitrogen and oxygen atoms in total. The second-order valence-corrected chi connectivity index (χ2v) is 3.50. The maximum atomic E-state index is 10.2. The Labute approximate surface area is 225 Å². The molecule has 0 spiro atoms. The number of rotatable bonds is 3. The van der Waals surface area contributed by atoms with Gasteiger partial charge in [0.15, 0.2) is 17.4 Å². The summed E-state index contributed by atoms with van der Waals surface area (Å²) >= 11 is 0. The van der Waals surface area contributed by atoms with E-state index in [9.17, 15) is 9.59 Å². The van der Waals surface area contributed by atoms with E-state index < -0.39 is 25.3 Å². The Balaban J connectivity index is -0.0000000319. The van der Waals surface area contributed by atoms with Crippen LogP contribution in [0.25, 0.3) is 0 Å². The van der Waals surface area contributed by atoms with Crippen LogP contribution in [0.15, 0.2) is 0 Å². The molecule has 1 aliphatic heterocycles. The zero-order chi connectivity index (χ0) is 25.2. The third kappa shape index (κ3) is 81.3. The van der Waals surface area contributed by atoms with E-state index in [1.807, 2.05) is 0 Å². The van der Waals surface area contributed by atoms with E-state index in [-0.39, 0.29) is 73.2 Å². The maximum Gasteiger partial charge on any atom is 1.00 e. The molecular formula is C17H43AlLiNaO8. The fraction of sp³-hybridized carbons (Fsp3) is 0.882. The zero-order valence-electron chi connectivity index (χ0n) is 24.5. The molecule has 0 aromatic carbocycles. The zero-order valence-corrected chi connectivity index (χ0v) is 20.5. The van der Waals surface area contributed by atoms with Gasteiger partial charge in [0.1, 0.15) is 0 Å². The molecule has 1 saturated heterocycles. The van der Waals surface area contributed by atoms with Gasteiger partial charge >= 0.3 is 60.4 Å². The molecule has 0 aliphatic carbocycles. The average Bonchev–Trinajstić information content (AvgIpc) is 3.28. The summed E-state index contributed by atoms with van der Waals surface area (Å²) in [5, 5.41) is 19.8. The van der Waals surface area contributed by atoms with E-state index >= 15 is 0 Å². The molecule has 28 heavy (non-hydrogen) atoms. The van der Waals surface area contributed by atoms with Crippen LogP contribution in [0.1, 0.15) is 59.7 Å². The van der Waals surface area contributed by atoms with Gasteiger partial charge in [0.05, 0.1) is 14.2 Å². The second kappa shape index (κ2) is 63.0. The Morgan fingerprint density at radius 3 is 1.50 bits per heavy atom. The van der Waals surface area contributed by atoms with Crippen LogP contribution in [0.5, 0.6) is 0 Å². The van der Waals surface area contributed by atoms with Gasteiger partial charge in [-0.25, -0.2) is 0 Å². The van der Waals surface area contributed by atoms with E-state index in [2.05, 4.69) is 14.6 Å². The third-order valence-electron chi connectivity index (χ3n) is 1.89. The predicted octanol–water partition coefficient (Wildman–Crippen LogP) is -6.15. The molecule has 164 valence electrons. The number of methoxy groups -OCH3 is 2. The molecule has 0 amide bonds. The maximum absolute atomic E-state index is 10.2. The van der Waals surface area contributed by atoms with Crippen LogP contribution < -0.4 is 53.5 Å². The Morgan fingerprint density at radius 2 is 1.46 bits per heavy atom. The normalized spacial score (nSPS) is 12.7. The Kier molecular flexibility index (Phi) is 75.5. The second-order valence-electron chi connectivity index (χ2n) is 3.50. The first-order valence-corrected chi connectivity index (χ1v) is 7.51. The van der Waals surface area contributed by atoms with Gasteiger partial charge in [-0.3, -0.25) is 9.59 Å². The minimum absolute atomic E-state index is 0. The number of esters is 2. The van der Waals surface area contributed by atoms with Crippen LogP contribution in [-0.2, 0) is 23.8 Å². The molecule has 1 fully saturated rings. The van der Waals surface area contributed by atoms with Crippen LogP contribution in [0.2, 0.25) is 0 Å². The summed E-state index contributed by atoms with van der Waals surface area (Å²) in [6, 6.07) is 0. The first-order chi connectivity index (χ1) is 13.8. The molecular weight excluding hydrogens is 389 g/mol. The van der Waals surface area contributed by atoms with Crippen LogP contribution in [0, 0.1) is 0 Å². The Morgan fingerprint density at radius 1 is 1.14 bits per heavy atom. The van der Waals surface area contributed by atoms with Crippen LogP contribution in [0.4, 0.5) is 0 Å². The van der Waals surface area contributed by atoms with E-state index in [0.717, 1.165) is 34.4 Å². The summed E-state index contributed by atoms with van der Waals surface area (Å²) < 4.78 is 45.7. The number of aliphatic hydroxyl groups excluding tert-OH is 2. The summed E-state index contributed by atoms with van der Waals surface area (Å²) in [6.45, 7) is 5.84. The van der Waals surface area contributed by atoms with E-state index in [4.69, 9.17) is 21.9 Å². The van der Waals surface area contributed by atoms with Crippen molar-refractivity contribution in [2.75, 3.05) is 48.3 Å². The molecule has 0 radical (unpaired) electrons. The van der Waals surface area contributed by atoms with Crippen molar-refractivity contribution < 1.29 is 94.4 Å². The van der Waals surface area contributed by atoms with Crippen molar-refractivity contribution in [3.05, 3.63) is 0 Å². The van der Waals surface area contributed by atoms with Crippen molar-refractivity contribution in [3.8, 4) is 0 Å². The monoisotopic (exact) mass is 437 g/mol. The molecule has 0 aromatic heterocycles. The van der Waals surface area contributed by atoms with Crippen LogP contribution in [0.3, 0.4) is 0 Å². The topological polar surface area (TPSA) is 125 Å². The molecule has 1 rings (SSSR count). The van der Waals surface area contributed by atoms with Crippen LogP contribution in [-0.4, -0.2) is 89.2 Å². The molecule has 0 bridgehead atoms. The summed E-state index contributed by atoms with van der Waals surface area (Å²) in [6.07, 6.45) is -0.231. The van der Waals surface area contributed by atoms with Crippen LogP contribution >= 0.6 is 0 Å². The minimum atomic E-state index is -1.85. The fourth-order valence-corrected chi connectivity index (χ4v) is 0.757. The fourth-order valence-electron chi connectivity index (χ4n) is 0.757. The van der Waals surface area contributed by atoms with Crippen molar-refractivity contribution in [1.82, 2.24) is 0 Å². The number of ether oxygens (including phenoxy) is 3. The SMILES string of the molecule is C1CCOC1.CCC(=O)OC.C[O-].[2H]C([2H])(C)C(=O)OC.[2H]C([2H])(C)CO.[2H]OC.[AlH3].[H-].[Li+].[Na+]. The smallest absolute Gasteiger partial charge is 1.00 e. The largest absolute Gasteiger partial charge is 1.00 e. The molecule has 1 heterocycles. The van der Waals surface area contributed by atoms with E-state index in [1.165, 1.54) is 34.0 Å². The Bertz CT molecular complexity index is 365. The minimum Gasteiger partial charge on any atom is -1.00 e. The molecule has 0 unspecified atom stereocenters. The molecule has 0 atom stereocenters. The quantitative estimate of drug-likeness (QED) is 0.330. The van der Waals surface area contributed by atoms with Gasteiger partial charge in [0, 0.05) is 45.2 Å². The predicted molar refractivity (Wildman–Crippen MR) is 107 cm³/mol. The number of carbonyl (C=O) groups excluding carboxylic acids is 2. The third-order valence-corrected chi connectivity index (χ3v) is 1.89. The van der Waals surface area contributed by atoms with Crippen molar-refractivity contribution in [2.24, 2.45) is 0 Å². The van der Waals surface area contributed by atoms with Crippen molar-refractivity contribution in [3.63, 3.8) is 0 Å². The van der Waals surface area contributed by atoms with Gasteiger partial charge in [-0.15, -0.1) is 0 Å².